The first-order valence-electron chi connectivity index (χ1n) is 2.70. The van der Waals surface area contributed by atoms with Crippen molar-refractivity contribution in [2.45, 2.75) is 5.51 Å². The predicted octanol–water partition coefficient (Wildman–Crippen LogP) is -0.444. The smallest absolute Gasteiger partial charge is 0.261 e. The number of halogens is 3. The van der Waals surface area contributed by atoms with Gasteiger partial charge in [0.25, 0.3) is 0 Å². The highest BCUT2D eigenvalue weighted by atomic mass is 32.2. The van der Waals surface area contributed by atoms with Crippen LogP contribution in [0.4, 0.5) is 13.2 Å². The van der Waals surface area contributed by atoms with Gasteiger partial charge in [-0.05, 0) is 5.21 Å². The van der Waals surface area contributed by atoms with Gasteiger partial charge in [-0.1, -0.05) is 4.85 Å². The Balaban J connectivity index is 2.87. The second kappa shape index (κ2) is 2.87. The van der Waals surface area contributed by atoms with Crippen LogP contribution in [0.15, 0.2) is 12.4 Å². The Morgan fingerprint density at radius 2 is 2.00 bits per heavy atom. The van der Waals surface area contributed by atoms with Gasteiger partial charge in [0.2, 0.25) is 0 Å². The maximum atomic E-state index is 11.7. The van der Waals surface area contributed by atoms with Gasteiger partial charge in [0.05, 0.1) is 12.4 Å². The predicted molar refractivity (Wildman–Crippen MR) is 31.6 cm³/mol. The van der Waals surface area contributed by atoms with Crippen LogP contribution in [0.3, 0.4) is 0 Å². The van der Waals surface area contributed by atoms with Gasteiger partial charge < -0.3 is 0 Å². The van der Waals surface area contributed by atoms with Gasteiger partial charge in [0, 0.05) is 0 Å². The topological polar surface area (TPSA) is 74.1 Å². The molecule has 0 saturated carbocycles. The van der Waals surface area contributed by atoms with E-state index in [2.05, 4.69) is 14.6 Å². The lowest BCUT2D eigenvalue weighted by Crippen LogP contribution is -2.33. The fourth-order valence-corrected chi connectivity index (χ4v) is 0.745. The van der Waals surface area contributed by atoms with Crippen LogP contribution in [0.25, 0.3) is 0 Å². The van der Waals surface area contributed by atoms with Crippen LogP contribution in [0.1, 0.15) is 0 Å². The quantitative estimate of drug-likeness (QED) is 0.627. The van der Waals surface area contributed by atoms with Crippen LogP contribution in [-0.4, -0.2) is 29.1 Å². The molecular weight excluding hydrogens is 215 g/mol. The Morgan fingerprint density at radius 3 is 2.38 bits per heavy atom. The summed E-state index contributed by atoms with van der Waals surface area (Å²) in [5, 5.41) is 5.92. The van der Waals surface area contributed by atoms with Crippen molar-refractivity contribution in [3.8, 4) is 0 Å². The molecule has 1 heterocycles. The van der Waals surface area contributed by atoms with Gasteiger partial charge in [-0.15, -0.1) is 5.10 Å². The lowest BCUT2D eigenvalue weighted by Gasteiger charge is -2.06. The maximum Gasteiger partial charge on any atom is 0.536 e. The molecule has 74 valence electrons. The van der Waals surface area contributed by atoms with E-state index in [0.717, 1.165) is 12.4 Å². The highest BCUT2D eigenvalue weighted by molar-refractivity contribution is 7.87. The van der Waals surface area contributed by atoms with Crippen LogP contribution in [0.2, 0.25) is 0 Å². The minimum Gasteiger partial charge on any atom is -0.261 e. The Hall–Kier alpha value is -1.32. The molecule has 0 spiro atoms. The molecule has 1 rings (SSSR count). The van der Waals surface area contributed by atoms with Crippen LogP contribution < -0.4 is 4.28 Å². The molecule has 0 aliphatic heterocycles. The third-order valence-electron chi connectivity index (χ3n) is 0.859. The van der Waals surface area contributed by atoms with Crippen molar-refractivity contribution in [1.29, 1.82) is 0 Å². The number of nitrogens with zero attached hydrogens (tertiary/aromatic N) is 3. The van der Waals surface area contributed by atoms with E-state index in [1.807, 2.05) is 0 Å². The number of aromatic nitrogens is 3. The van der Waals surface area contributed by atoms with Gasteiger partial charge in [-0.3, -0.25) is 4.28 Å². The number of rotatable bonds is 2. The lowest BCUT2D eigenvalue weighted by molar-refractivity contribution is -0.0558. The van der Waals surface area contributed by atoms with Crippen molar-refractivity contribution < 1.29 is 25.9 Å². The first kappa shape index (κ1) is 9.77. The summed E-state index contributed by atoms with van der Waals surface area (Å²) in [6.07, 6.45) is 1.77. The molecule has 0 amide bonds. The fourth-order valence-electron chi connectivity index (χ4n) is 0.380. The van der Waals surface area contributed by atoms with Gasteiger partial charge in [0.1, 0.15) is 0 Å². The highest BCUT2D eigenvalue weighted by Crippen LogP contribution is 2.22. The van der Waals surface area contributed by atoms with Crippen molar-refractivity contribution >= 4 is 10.1 Å². The largest absolute Gasteiger partial charge is 0.536 e. The Morgan fingerprint density at radius 1 is 1.38 bits per heavy atom. The standard InChI is InChI=1S/C3H2F3N3O3S/c4-3(5,6)13(10,11)12-9-2-1-7-8-9/h1-2H. The minimum absolute atomic E-state index is 0.0861. The van der Waals surface area contributed by atoms with Crippen molar-refractivity contribution in [2.24, 2.45) is 0 Å². The second-order valence-corrected chi connectivity index (χ2v) is 3.30. The van der Waals surface area contributed by atoms with Gasteiger partial charge in [0.15, 0.2) is 0 Å². The molecule has 0 bridgehead atoms. The van der Waals surface area contributed by atoms with E-state index in [1.54, 1.807) is 0 Å². The van der Waals surface area contributed by atoms with Crippen molar-refractivity contribution in [1.82, 2.24) is 15.2 Å². The number of hydrogen-bond acceptors (Lipinski definition) is 5. The molecule has 0 aliphatic rings. The van der Waals surface area contributed by atoms with Crippen LogP contribution in [-0.2, 0) is 10.1 Å². The zero-order valence-corrected chi connectivity index (χ0v) is 6.58. The summed E-state index contributed by atoms with van der Waals surface area (Å²) in [4.78, 5) is 0.0861. The molecule has 0 unspecified atom stereocenters. The second-order valence-electron chi connectivity index (χ2n) is 1.78. The average molecular weight is 217 g/mol. The van der Waals surface area contributed by atoms with E-state index < -0.39 is 15.6 Å². The van der Waals surface area contributed by atoms with E-state index in [0.29, 0.717) is 0 Å². The molecule has 0 fully saturated rings. The Kier molecular flexibility index (Phi) is 2.15. The highest BCUT2D eigenvalue weighted by Gasteiger charge is 2.49. The molecule has 1 aromatic heterocycles. The summed E-state index contributed by atoms with van der Waals surface area (Å²) >= 11 is 0. The summed E-state index contributed by atoms with van der Waals surface area (Å²) in [6.45, 7) is 0. The molecule has 10 heteroatoms. The van der Waals surface area contributed by atoms with E-state index in [-0.39, 0.29) is 4.85 Å². The SMILES string of the molecule is O=S(=O)(On1ccnn1)C(F)(F)F. The Labute approximate surface area is 70.0 Å². The summed E-state index contributed by atoms with van der Waals surface area (Å²) in [5.41, 5.74) is -5.47. The molecule has 0 atom stereocenters. The zero-order valence-electron chi connectivity index (χ0n) is 5.76. The molecule has 0 aromatic carbocycles. The number of alkyl halides is 3. The van der Waals surface area contributed by atoms with Crippen LogP contribution in [0.5, 0.6) is 0 Å². The molecule has 0 aliphatic carbocycles. The molecule has 13 heavy (non-hydrogen) atoms. The third kappa shape index (κ3) is 2.08. The van der Waals surface area contributed by atoms with Gasteiger partial charge in [-0.2, -0.15) is 21.6 Å². The van der Waals surface area contributed by atoms with E-state index in [1.165, 1.54) is 0 Å². The summed E-state index contributed by atoms with van der Waals surface area (Å²) in [6, 6.07) is 0. The zero-order chi connectivity index (χ0) is 10.1. The first-order chi connectivity index (χ1) is 5.83. The molecule has 0 radical (unpaired) electrons. The van der Waals surface area contributed by atoms with Crippen molar-refractivity contribution in [2.75, 3.05) is 0 Å². The first-order valence-corrected chi connectivity index (χ1v) is 4.11. The molecule has 0 N–H and O–H groups in total. The fraction of sp³-hybridized carbons (Fsp3) is 0.333. The summed E-state index contributed by atoms with van der Waals surface area (Å²) in [7, 11) is -5.66. The maximum absolute atomic E-state index is 11.7. The molecule has 6 nitrogen and oxygen atoms in total. The number of hydrogen-bond donors (Lipinski definition) is 0. The van der Waals surface area contributed by atoms with Crippen molar-refractivity contribution in [3.63, 3.8) is 0 Å². The van der Waals surface area contributed by atoms with E-state index >= 15 is 0 Å². The Bertz CT molecular complexity index is 368. The summed E-state index contributed by atoms with van der Waals surface area (Å²) < 4.78 is 59.0. The van der Waals surface area contributed by atoms with Crippen LogP contribution >= 0.6 is 0 Å². The normalized spacial score (nSPS) is 12.8. The summed E-state index contributed by atoms with van der Waals surface area (Å²) in [5.74, 6) is 0. The lowest BCUT2D eigenvalue weighted by atomic mass is 11.0. The molecule has 0 saturated heterocycles. The van der Waals surface area contributed by atoms with Crippen molar-refractivity contribution in [3.05, 3.63) is 12.4 Å². The van der Waals surface area contributed by atoms with E-state index in [9.17, 15) is 21.6 Å². The molecule has 1 aromatic rings. The monoisotopic (exact) mass is 217 g/mol. The minimum atomic E-state index is -5.66. The average Bonchev–Trinajstić information content (AvgIpc) is 2.35. The molecular formula is C3H2F3N3O3S. The van der Waals surface area contributed by atoms with E-state index in [4.69, 9.17) is 0 Å². The third-order valence-corrected chi connectivity index (χ3v) is 1.77. The van der Waals surface area contributed by atoms with Crippen LogP contribution in [0, 0.1) is 0 Å². The van der Waals surface area contributed by atoms with Gasteiger partial charge in [-0.25, -0.2) is 0 Å². The van der Waals surface area contributed by atoms with Gasteiger partial charge >= 0.3 is 15.6 Å².